The average Bonchev–Trinajstić information content (AvgIpc) is 2.52. The lowest BCUT2D eigenvalue weighted by Gasteiger charge is -2.01. The van der Waals surface area contributed by atoms with E-state index in [0.29, 0.717) is 5.69 Å². The predicted octanol–water partition coefficient (Wildman–Crippen LogP) is 4.99. The molecule has 0 bridgehead atoms. The monoisotopic (exact) mass is 304 g/mol. The van der Waals surface area contributed by atoms with Gasteiger partial charge in [-0.25, -0.2) is 4.79 Å². The number of benzene rings is 2. The van der Waals surface area contributed by atoms with E-state index in [1.54, 1.807) is 31.4 Å². The van der Waals surface area contributed by atoms with Crippen LogP contribution in [0.15, 0.2) is 58.8 Å². The number of carbonyl (C=O) groups excluding carboxylic acids is 1. The maximum absolute atomic E-state index is 10.5. The van der Waals surface area contributed by atoms with E-state index in [9.17, 15) is 4.79 Å². The summed E-state index contributed by atoms with van der Waals surface area (Å²) < 4.78 is 9.75. The Morgan fingerprint density at radius 2 is 1.52 bits per heavy atom. The Morgan fingerprint density at radius 3 is 2.00 bits per heavy atom. The molecule has 0 heterocycles. The summed E-state index contributed by atoms with van der Waals surface area (Å²) in [6, 6.07) is 14.4. The fourth-order valence-corrected chi connectivity index (χ4v) is 1.62. The topological polar surface area (TPSA) is 60.3 Å². The molecule has 0 aliphatic carbocycles. The first-order chi connectivity index (χ1) is 10.2. The van der Waals surface area contributed by atoms with Crippen molar-refractivity contribution in [3.05, 3.63) is 54.1 Å². The van der Waals surface area contributed by atoms with Gasteiger partial charge in [-0.05, 0) is 42.0 Å². The second kappa shape index (κ2) is 7.40. The van der Waals surface area contributed by atoms with Gasteiger partial charge in [-0.2, -0.15) is 10.2 Å². The Balaban J connectivity index is 1.98. The largest absolute Gasteiger partial charge is 0.497 e. The van der Waals surface area contributed by atoms with E-state index in [-0.39, 0.29) is 6.61 Å². The number of hydrogen-bond acceptors (Lipinski definition) is 5. The number of rotatable bonds is 5. The van der Waals surface area contributed by atoms with Crippen molar-refractivity contribution in [1.29, 1.82) is 0 Å². The number of methoxy groups -OCH3 is 1. The zero-order valence-electron chi connectivity index (χ0n) is 11.3. The third-order valence-corrected chi connectivity index (χ3v) is 2.75. The lowest BCUT2D eigenvalue weighted by Crippen LogP contribution is -1.93. The Bertz CT molecular complexity index is 624. The summed E-state index contributed by atoms with van der Waals surface area (Å²) in [6.07, 6.45) is 0. The molecule has 2 rings (SSSR count). The molecular formula is C15H13ClN2O3. The van der Waals surface area contributed by atoms with Gasteiger partial charge in [0, 0.05) is 11.6 Å². The van der Waals surface area contributed by atoms with Crippen molar-refractivity contribution in [2.75, 3.05) is 7.11 Å². The van der Waals surface area contributed by atoms with Crippen molar-refractivity contribution in [3.63, 3.8) is 0 Å². The van der Waals surface area contributed by atoms with E-state index in [1.807, 2.05) is 24.3 Å². The minimum absolute atomic E-state index is 0.137. The summed E-state index contributed by atoms with van der Waals surface area (Å²) in [5, 5.41) is 8.24. The molecule has 0 N–H and O–H groups in total. The van der Waals surface area contributed by atoms with Gasteiger partial charge in [-0.3, -0.25) is 0 Å². The van der Waals surface area contributed by atoms with Crippen LogP contribution < -0.4 is 4.74 Å². The highest BCUT2D eigenvalue weighted by Crippen LogP contribution is 2.21. The summed E-state index contributed by atoms with van der Waals surface area (Å²) in [7, 11) is 1.61. The van der Waals surface area contributed by atoms with Crippen molar-refractivity contribution in [2.45, 2.75) is 6.61 Å². The smallest absolute Gasteiger partial charge is 0.404 e. The second-order valence-corrected chi connectivity index (χ2v) is 4.40. The molecule has 0 aliphatic heterocycles. The van der Waals surface area contributed by atoms with Crippen LogP contribution in [-0.2, 0) is 11.3 Å². The standard InChI is InChI=1S/C15H13ClN2O3/c1-20-14-8-6-13(7-9-14)18-17-12-4-2-11(3-5-12)10-21-15(16)19/h2-9H,10H2,1H3. The quantitative estimate of drug-likeness (QED) is 0.577. The normalized spacial score (nSPS) is 10.6. The summed E-state index contributed by atoms with van der Waals surface area (Å²) in [5.74, 6) is 0.771. The summed E-state index contributed by atoms with van der Waals surface area (Å²) >= 11 is 5.09. The Kier molecular flexibility index (Phi) is 5.29. The van der Waals surface area contributed by atoms with Gasteiger partial charge in [0.1, 0.15) is 12.4 Å². The van der Waals surface area contributed by atoms with Gasteiger partial charge in [-0.15, -0.1) is 0 Å². The van der Waals surface area contributed by atoms with E-state index < -0.39 is 5.43 Å². The molecule has 0 amide bonds. The van der Waals surface area contributed by atoms with Crippen LogP contribution in [0.2, 0.25) is 0 Å². The molecule has 0 radical (unpaired) electrons. The number of hydrogen-bond donors (Lipinski definition) is 0. The molecule has 0 aromatic heterocycles. The van der Waals surface area contributed by atoms with Crippen LogP contribution in [0.1, 0.15) is 5.56 Å². The molecule has 2 aromatic rings. The van der Waals surface area contributed by atoms with E-state index in [2.05, 4.69) is 15.0 Å². The van der Waals surface area contributed by atoms with Crippen LogP contribution in [-0.4, -0.2) is 12.5 Å². The highest BCUT2D eigenvalue weighted by molar-refractivity contribution is 6.61. The molecule has 0 spiro atoms. The minimum atomic E-state index is -0.821. The molecule has 108 valence electrons. The van der Waals surface area contributed by atoms with Crippen LogP contribution in [0.5, 0.6) is 5.75 Å². The number of halogens is 1. The third-order valence-electron chi connectivity index (χ3n) is 2.64. The lowest BCUT2D eigenvalue weighted by molar-refractivity contribution is 0.167. The van der Waals surface area contributed by atoms with Crippen molar-refractivity contribution in [2.24, 2.45) is 10.2 Å². The van der Waals surface area contributed by atoms with Crippen molar-refractivity contribution in [3.8, 4) is 5.75 Å². The van der Waals surface area contributed by atoms with Crippen molar-refractivity contribution in [1.82, 2.24) is 0 Å². The molecule has 0 saturated carbocycles. The molecule has 0 saturated heterocycles. The average molecular weight is 305 g/mol. The van der Waals surface area contributed by atoms with E-state index in [0.717, 1.165) is 17.0 Å². The number of carbonyl (C=O) groups is 1. The first-order valence-electron chi connectivity index (χ1n) is 6.14. The molecule has 0 atom stereocenters. The molecule has 21 heavy (non-hydrogen) atoms. The van der Waals surface area contributed by atoms with E-state index in [1.165, 1.54) is 0 Å². The van der Waals surface area contributed by atoms with Gasteiger partial charge in [0.2, 0.25) is 0 Å². The molecule has 2 aromatic carbocycles. The Hall–Kier alpha value is -2.40. The molecular weight excluding hydrogens is 292 g/mol. The van der Waals surface area contributed by atoms with Crippen molar-refractivity contribution >= 4 is 28.4 Å². The number of ether oxygens (including phenoxy) is 2. The second-order valence-electron chi connectivity index (χ2n) is 4.09. The van der Waals surface area contributed by atoms with Crippen LogP contribution in [0.25, 0.3) is 0 Å². The summed E-state index contributed by atoms with van der Waals surface area (Å²) in [5.41, 5.74) is 1.44. The molecule has 5 nitrogen and oxygen atoms in total. The first kappa shape index (κ1) is 15.0. The SMILES string of the molecule is COc1ccc(N=Nc2ccc(COC(=O)Cl)cc2)cc1. The number of nitrogens with zero attached hydrogens (tertiary/aromatic N) is 2. The fraction of sp³-hybridized carbons (Fsp3) is 0.133. The molecule has 0 unspecified atom stereocenters. The Morgan fingerprint density at radius 1 is 1.00 bits per heavy atom. The third kappa shape index (κ3) is 4.89. The lowest BCUT2D eigenvalue weighted by atomic mass is 10.2. The van der Waals surface area contributed by atoms with E-state index >= 15 is 0 Å². The number of azo groups is 1. The van der Waals surface area contributed by atoms with Crippen molar-refractivity contribution < 1.29 is 14.3 Å². The van der Waals surface area contributed by atoms with Crippen LogP contribution in [0.3, 0.4) is 0 Å². The van der Waals surface area contributed by atoms with E-state index in [4.69, 9.17) is 16.3 Å². The highest BCUT2D eigenvalue weighted by atomic mass is 35.5. The summed E-state index contributed by atoms with van der Waals surface area (Å²) in [6.45, 7) is 0.137. The highest BCUT2D eigenvalue weighted by Gasteiger charge is 1.98. The zero-order chi connectivity index (χ0) is 15.1. The van der Waals surface area contributed by atoms with Gasteiger partial charge in [0.15, 0.2) is 0 Å². The first-order valence-corrected chi connectivity index (χ1v) is 6.52. The maximum Gasteiger partial charge on any atom is 0.404 e. The van der Waals surface area contributed by atoms with Crippen LogP contribution in [0.4, 0.5) is 16.2 Å². The summed E-state index contributed by atoms with van der Waals surface area (Å²) in [4.78, 5) is 10.5. The van der Waals surface area contributed by atoms with Gasteiger partial charge >= 0.3 is 5.43 Å². The van der Waals surface area contributed by atoms with Crippen LogP contribution in [0, 0.1) is 0 Å². The minimum Gasteiger partial charge on any atom is -0.497 e. The van der Waals surface area contributed by atoms with Gasteiger partial charge in [0.05, 0.1) is 18.5 Å². The fourth-order valence-electron chi connectivity index (χ4n) is 1.56. The molecule has 6 heteroatoms. The molecule has 0 aliphatic rings. The maximum atomic E-state index is 10.5. The zero-order valence-corrected chi connectivity index (χ0v) is 12.1. The van der Waals surface area contributed by atoms with Gasteiger partial charge in [0.25, 0.3) is 0 Å². The van der Waals surface area contributed by atoms with Gasteiger partial charge in [-0.1, -0.05) is 12.1 Å². The Labute approximate surface area is 127 Å². The molecule has 0 fully saturated rings. The van der Waals surface area contributed by atoms with Crippen LogP contribution >= 0.6 is 11.6 Å². The van der Waals surface area contributed by atoms with Gasteiger partial charge < -0.3 is 9.47 Å². The predicted molar refractivity (Wildman–Crippen MR) is 79.7 cm³/mol.